The van der Waals surface area contributed by atoms with Crippen molar-refractivity contribution < 1.29 is 4.74 Å². The van der Waals surface area contributed by atoms with E-state index >= 15 is 0 Å². The SMILES string of the molecule is CCc1nc(C(OC)C2CCCCC2)nc2c1CNCC2. The van der Waals surface area contributed by atoms with Gasteiger partial charge in [0.1, 0.15) is 6.10 Å². The fraction of sp³-hybridized carbons (Fsp3) is 0.765. The molecule has 1 fully saturated rings. The van der Waals surface area contributed by atoms with Gasteiger partial charge in [0, 0.05) is 37.9 Å². The van der Waals surface area contributed by atoms with Crippen molar-refractivity contribution >= 4 is 0 Å². The number of hydrogen-bond acceptors (Lipinski definition) is 4. The van der Waals surface area contributed by atoms with E-state index in [9.17, 15) is 0 Å². The van der Waals surface area contributed by atoms with E-state index in [1.165, 1.54) is 49.1 Å². The highest BCUT2D eigenvalue weighted by Gasteiger charge is 2.29. The summed E-state index contributed by atoms with van der Waals surface area (Å²) >= 11 is 0. The summed E-state index contributed by atoms with van der Waals surface area (Å²) in [6, 6.07) is 0. The molecule has 2 aliphatic rings. The molecule has 1 unspecified atom stereocenters. The van der Waals surface area contributed by atoms with Crippen LogP contribution in [0, 0.1) is 5.92 Å². The Hall–Kier alpha value is -1.00. The maximum absolute atomic E-state index is 5.83. The zero-order chi connectivity index (χ0) is 14.7. The Balaban J connectivity index is 1.92. The zero-order valence-corrected chi connectivity index (χ0v) is 13.3. The average molecular weight is 289 g/mol. The number of aromatic nitrogens is 2. The van der Waals surface area contributed by atoms with Gasteiger partial charge in [-0.05, 0) is 25.2 Å². The van der Waals surface area contributed by atoms with Gasteiger partial charge in [-0.2, -0.15) is 0 Å². The van der Waals surface area contributed by atoms with E-state index in [-0.39, 0.29) is 6.10 Å². The lowest BCUT2D eigenvalue weighted by Gasteiger charge is -2.29. The molecule has 116 valence electrons. The van der Waals surface area contributed by atoms with Crippen molar-refractivity contribution in [2.24, 2.45) is 5.92 Å². The molecule has 1 atom stereocenters. The lowest BCUT2D eigenvalue weighted by molar-refractivity contribution is 0.0285. The summed E-state index contributed by atoms with van der Waals surface area (Å²) < 4.78 is 5.83. The minimum absolute atomic E-state index is 0.0794. The molecule has 4 nitrogen and oxygen atoms in total. The van der Waals surface area contributed by atoms with Crippen molar-refractivity contribution in [3.05, 3.63) is 22.8 Å². The van der Waals surface area contributed by atoms with Gasteiger partial charge >= 0.3 is 0 Å². The van der Waals surface area contributed by atoms with Crippen LogP contribution in [0.1, 0.15) is 67.9 Å². The lowest BCUT2D eigenvalue weighted by Crippen LogP contribution is -2.29. The third-order valence-electron chi connectivity index (χ3n) is 4.96. The minimum atomic E-state index is 0.0794. The third-order valence-corrected chi connectivity index (χ3v) is 4.96. The van der Waals surface area contributed by atoms with Crippen LogP contribution in [-0.2, 0) is 24.1 Å². The maximum atomic E-state index is 5.83. The van der Waals surface area contributed by atoms with Crippen LogP contribution in [-0.4, -0.2) is 23.6 Å². The number of nitrogens with one attached hydrogen (secondary N) is 1. The van der Waals surface area contributed by atoms with Crippen molar-refractivity contribution in [1.82, 2.24) is 15.3 Å². The summed E-state index contributed by atoms with van der Waals surface area (Å²) in [7, 11) is 1.81. The molecular formula is C17H27N3O. The van der Waals surface area contributed by atoms with Gasteiger partial charge in [0.25, 0.3) is 0 Å². The van der Waals surface area contributed by atoms with Crippen LogP contribution in [0.5, 0.6) is 0 Å². The molecule has 3 rings (SSSR count). The first-order valence-electron chi connectivity index (χ1n) is 8.45. The van der Waals surface area contributed by atoms with Crippen molar-refractivity contribution in [1.29, 1.82) is 0 Å². The van der Waals surface area contributed by atoms with Crippen molar-refractivity contribution in [3.63, 3.8) is 0 Å². The maximum Gasteiger partial charge on any atom is 0.157 e. The highest BCUT2D eigenvalue weighted by Crippen LogP contribution is 2.35. The largest absolute Gasteiger partial charge is 0.373 e. The number of ether oxygens (including phenoxy) is 1. The molecule has 0 amide bonds. The summed E-state index contributed by atoms with van der Waals surface area (Å²) in [6.45, 7) is 4.12. The number of rotatable bonds is 4. The van der Waals surface area contributed by atoms with Crippen LogP contribution in [0.2, 0.25) is 0 Å². The molecule has 0 aromatic carbocycles. The van der Waals surface area contributed by atoms with E-state index in [2.05, 4.69) is 12.2 Å². The first kappa shape index (κ1) is 14.9. The molecule has 1 saturated carbocycles. The second-order valence-electron chi connectivity index (χ2n) is 6.29. The average Bonchev–Trinajstić information content (AvgIpc) is 2.56. The molecular weight excluding hydrogens is 262 g/mol. The van der Waals surface area contributed by atoms with Crippen LogP contribution in [0.15, 0.2) is 0 Å². The Morgan fingerprint density at radius 3 is 2.76 bits per heavy atom. The first-order valence-corrected chi connectivity index (χ1v) is 8.45. The van der Waals surface area contributed by atoms with E-state index in [0.717, 1.165) is 31.8 Å². The van der Waals surface area contributed by atoms with Gasteiger partial charge in [-0.3, -0.25) is 0 Å². The molecule has 0 bridgehead atoms. The standard InChI is InChI=1S/C17H27N3O/c1-3-14-13-11-18-10-9-15(13)20-17(19-14)16(21-2)12-7-5-4-6-8-12/h12,16,18H,3-11H2,1-2H3. The van der Waals surface area contributed by atoms with Gasteiger partial charge in [0.15, 0.2) is 5.82 Å². The quantitative estimate of drug-likeness (QED) is 0.925. The Labute approximate surface area is 127 Å². The summed E-state index contributed by atoms with van der Waals surface area (Å²) in [5, 5.41) is 3.43. The van der Waals surface area contributed by atoms with E-state index < -0.39 is 0 Å². The summed E-state index contributed by atoms with van der Waals surface area (Å²) in [6.07, 6.45) is 8.57. The molecule has 21 heavy (non-hydrogen) atoms. The first-order chi connectivity index (χ1) is 10.3. The van der Waals surface area contributed by atoms with Gasteiger partial charge in [0.05, 0.1) is 5.69 Å². The lowest BCUT2D eigenvalue weighted by atomic mass is 9.84. The van der Waals surface area contributed by atoms with Crippen molar-refractivity contribution in [2.45, 2.75) is 64.5 Å². The number of methoxy groups -OCH3 is 1. The smallest absolute Gasteiger partial charge is 0.157 e. The topological polar surface area (TPSA) is 47.0 Å². The number of nitrogens with zero attached hydrogens (tertiary/aromatic N) is 2. The molecule has 1 aliphatic heterocycles. The molecule has 1 N–H and O–H groups in total. The summed E-state index contributed by atoms with van der Waals surface area (Å²) in [4.78, 5) is 9.77. The second-order valence-corrected chi connectivity index (χ2v) is 6.29. The molecule has 2 heterocycles. The van der Waals surface area contributed by atoms with E-state index in [4.69, 9.17) is 14.7 Å². The van der Waals surface area contributed by atoms with Crippen LogP contribution in [0.25, 0.3) is 0 Å². The number of hydrogen-bond donors (Lipinski definition) is 1. The summed E-state index contributed by atoms with van der Waals surface area (Å²) in [5.74, 6) is 1.52. The van der Waals surface area contributed by atoms with E-state index in [1.54, 1.807) is 0 Å². The Bertz CT molecular complexity index is 466. The Kier molecular flexibility index (Phi) is 4.86. The van der Waals surface area contributed by atoms with Gasteiger partial charge in [-0.15, -0.1) is 0 Å². The zero-order valence-electron chi connectivity index (χ0n) is 13.3. The van der Waals surface area contributed by atoms with Gasteiger partial charge in [-0.1, -0.05) is 26.2 Å². The van der Waals surface area contributed by atoms with E-state index in [0.29, 0.717) is 5.92 Å². The molecule has 1 aromatic rings. The Morgan fingerprint density at radius 1 is 1.24 bits per heavy atom. The normalized spacial score (nSPS) is 21.0. The van der Waals surface area contributed by atoms with Crippen LogP contribution >= 0.6 is 0 Å². The van der Waals surface area contributed by atoms with Gasteiger partial charge in [0.2, 0.25) is 0 Å². The molecule has 0 spiro atoms. The predicted octanol–water partition coefficient (Wildman–Crippen LogP) is 2.95. The van der Waals surface area contributed by atoms with E-state index in [1.807, 2.05) is 7.11 Å². The number of aryl methyl sites for hydroxylation is 1. The fourth-order valence-corrected chi connectivity index (χ4v) is 3.80. The van der Waals surface area contributed by atoms with Crippen molar-refractivity contribution in [3.8, 4) is 0 Å². The third kappa shape index (κ3) is 3.11. The fourth-order valence-electron chi connectivity index (χ4n) is 3.80. The Morgan fingerprint density at radius 2 is 2.05 bits per heavy atom. The van der Waals surface area contributed by atoms with Gasteiger partial charge in [-0.25, -0.2) is 9.97 Å². The molecule has 0 radical (unpaired) electrons. The van der Waals surface area contributed by atoms with Crippen LogP contribution in [0.3, 0.4) is 0 Å². The second kappa shape index (κ2) is 6.84. The highest BCUT2D eigenvalue weighted by molar-refractivity contribution is 5.29. The molecule has 0 saturated heterocycles. The minimum Gasteiger partial charge on any atom is -0.373 e. The van der Waals surface area contributed by atoms with Crippen LogP contribution < -0.4 is 5.32 Å². The highest BCUT2D eigenvalue weighted by atomic mass is 16.5. The molecule has 4 heteroatoms. The number of fused-ring (bicyclic) bond motifs is 1. The predicted molar refractivity (Wildman–Crippen MR) is 83.1 cm³/mol. The van der Waals surface area contributed by atoms with Crippen LogP contribution in [0.4, 0.5) is 0 Å². The van der Waals surface area contributed by atoms with Gasteiger partial charge < -0.3 is 10.1 Å². The molecule has 1 aliphatic carbocycles. The molecule has 1 aromatic heterocycles. The van der Waals surface area contributed by atoms with Crippen molar-refractivity contribution in [2.75, 3.05) is 13.7 Å². The monoisotopic (exact) mass is 289 g/mol. The summed E-state index contributed by atoms with van der Waals surface area (Å²) in [5.41, 5.74) is 3.78.